The second kappa shape index (κ2) is 7.65. The molecule has 3 aromatic rings. The van der Waals surface area contributed by atoms with Gasteiger partial charge in [-0.25, -0.2) is 9.97 Å². The van der Waals surface area contributed by atoms with Crippen LogP contribution in [0.25, 0.3) is 10.8 Å². The van der Waals surface area contributed by atoms with Crippen LogP contribution in [0.15, 0.2) is 42.9 Å². The van der Waals surface area contributed by atoms with Gasteiger partial charge in [-0.1, -0.05) is 19.1 Å². The van der Waals surface area contributed by atoms with Crippen LogP contribution in [-0.4, -0.2) is 32.8 Å². The molecule has 0 aliphatic rings. The van der Waals surface area contributed by atoms with E-state index >= 15 is 0 Å². The molecule has 2 aromatic heterocycles. The van der Waals surface area contributed by atoms with E-state index in [1.165, 1.54) is 6.20 Å². The molecule has 0 saturated carbocycles. The predicted octanol–water partition coefficient (Wildman–Crippen LogP) is 1.54. The Morgan fingerprint density at radius 3 is 2.70 bits per heavy atom. The first-order valence-electron chi connectivity index (χ1n) is 8.32. The van der Waals surface area contributed by atoms with Gasteiger partial charge in [-0.3, -0.25) is 14.6 Å². The Morgan fingerprint density at radius 2 is 2.00 bits per heavy atom. The fourth-order valence-corrected chi connectivity index (χ4v) is 2.63. The Kier molecular flexibility index (Phi) is 5.11. The van der Waals surface area contributed by atoms with Gasteiger partial charge in [0.25, 0.3) is 5.91 Å². The van der Waals surface area contributed by atoms with Crippen molar-refractivity contribution in [2.75, 3.05) is 10.6 Å². The van der Waals surface area contributed by atoms with Gasteiger partial charge in [0, 0.05) is 23.5 Å². The number of benzene rings is 1. The van der Waals surface area contributed by atoms with Gasteiger partial charge in [-0.05, 0) is 23.9 Å². The lowest BCUT2D eigenvalue weighted by Gasteiger charge is -2.16. The Hall–Kier alpha value is -3.75. The molecule has 0 spiro atoms. The minimum atomic E-state index is -0.725. The van der Waals surface area contributed by atoms with E-state index in [9.17, 15) is 9.59 Å². The molecule has 0 fully saturated rings. The summed E-state index contributed by atoms with van der Waals surface area (Å²) < 4.78 is 0. The number of rotatable bonds is 7. The summed E-state index contributed by atoms with van der Waals surface area (Å²) >= 11 is 0. The van der Waals surface area contributed by atoms with E-state index in [0.29, 0.717) is 17.9 Å². The third-order valence-corrected chi connectivity index (χ3v) is 4.02. The molecule has 2 heterocycles. The first-order chi connectivity index (χ1) is 13.0. The summed E-state index contributed by atoms with van der Waals surface area (Å²) in [6.45, 7) is 1.82. The zero-order chi connectivity index (χ0) is 19.4. The maximum absolute atomic E-state index is 11.7. The van der Waals surface area contributed by atoms with Crippen molar-refractivity contribution in [3.8, 4) is 0 Å². The van der Waals surface area contributed by atoms with E-state index in [0.717, 1.165) is 10.8 Å². The molecule has 1 aromatic carbocycles. The molecule has 0 bridgehead atoms. The van der Waals surface area contributed by atoms with Crippen molar-refractivity contribution in [3.63, 3.8) is 0 Å². The quantitative estimate of drug-likeness (QED) is 0.496. The SMILES string of the molecule is CCC(Nc1cnc(C(N)=O)c(Nc2cccc3ccncc23)n1)C(N)=O. The number of nitrogens with zero attached hydrogens (tertiary/aromatic N) is 3. The Morgan fingerprint density at radius 1 is 1.19 bits per heavy atom. The lowest BCUT2D eigenvalue weighted by molar-refractivity contribution is -0.118. The van der Waals surface area contributed by atoms with Gasteiger partial charge in [0.2, 0.25) is 5.91 Å². The van der Waals surface area contributed by atoms with E-state index in [4.69, 9.17) is 11.5 Å². The van der Waals surface area contributed by atoms with Crippen molar-refractivity contribution in [2.45, 2.75) is 19.4 Å². The molecule has 27 heavy (non-hydrogen) atoms. The number of primary amides is 2. The average molecular weight is 365 g/mol. The zero-order valence-corrected chi connectivity index (χ0v) is 14.6. The number of nitrogens with one attached hydrogen (secondary N) is 2. The predicted molar refractivity (Wildman–Crippen MR) is 102 cm³/mol. The van der Waals surface area contributed by atoms with E-state index in [1.807, 2.05) is 31.2 Å². The van der Waals surface area contributed by atoms with Gasteiger partial charge >= 0.3 is 0 Å². The first-order valence-corrected chi connectivity index (χ1v) is 8.32. The standard InChI is InChI=1S/C18H19N7O2/c1-2-12(16(19)26)23-14-9-22-15(17(20)27)18(25-14)24-13-5-3-4-10-6-7-21-8-11(10)13/h3-9,12H,2H2,1H3,(H2,19,26)(H2,20,27)(H2,23,24,25). The van der Waals surface area contributed by atoms with Gasteiger partial charge < -0.3 is 22.1 Å². The van der Waals surface area contributed by atoms with E-state index in [-0.39, 0.29) is 11.5 Å². The summed E-state index contributed by atoms with van der Waals surface area (Å²) in [7, 11) is 0. The Balaban J connectivity index is 2.00. The van der Waals surface area contributed by atoms with Crippen LogP contribution in [0, 0.1) is 0 Å². The van der Waals surface area contributed by atoms with Crippen LogP contribution in [0.1, 0.15) is 23.8 Å². The molecular formula is C18H19N7O2. The molecule has 0 aliphatic carbocycles. The molecular weight excluding hydrogens is 346 g/mol. The smallest absolute Gasteiger partial charge is 0.271 e. The number of carbonyl (C=O) groups excluding carboxylic acids is 2. The van der Waals surface area contributed by atoms with E-state index in [2.05, 4.69) is 25.6 Å². The van der Waals surface area contributed by atoms with Crippen molar-refractivity contribution in [2.24, 2.45) is 11.5 Å². The van der Waals surface area contributed by atoms with Crippen LogP contribution in [0.5, 0.6) is 0 Å². The summed E-state index contributed by atoms with van der Waals surface area (Å²) in [5.41, 5.74) is 11.4. The number of anilines is 3. The Bertz CT molecular complexity index is 1000. The van der Waals surface area contributed by atoms with Gasteiger partial charge in [0.15, 0.2) is 11.5 Å². The highest BCUT2D eigenvalue weighted by Gasteiger charge is 2.17. The monoisotopic (exact) mass is 365 g/mol. The molecule has 1 unspecified atom stereocenters. The lowest BCUT2D eigenvalue weighted by Crippen LogP contribution is -2.35. The number of nitrogens with two attached hydrogens (primary N) is 2. The average Bonchev–Trinajstić information content (AvgIpc) is 2.66. The summed E-state index contributed by atoms with van der Waals surface area (Å²) in [5.74, 6) is -0.764. The third kappa shape index (κ3) is 3.92. The number of hydrogen-bond acceptors (Lipinski definition) is 7. The van der Waals surface area contributed by atoms with Crippen molar-refractivity contribution >= 4 is 39.9 Å². The summed E-state index contributed by atoms with van der Waals surface area (Å²) in [5, 5.41) is 7.81. The summed E-state index contributed by atoms with van der Waals surface area (Å²) in [6, 6.07) is 6.91. The molecule has 1 atom stereocenters. The fourth-order valence-electron chi connectivity index (χ4n) is 2.63. The molecule has 3 rings (SSSR count). The number of aromatic nitrogens is 3. The third-order valence-electron chi connectivity index (χ3n) is 4.02. The molecule has 0 aliphatic heterocycles. The minimum Gasteiger partial charge on any atom is -0.368 e. The van der Waals surface area contributed by atoms with Gasteiger partial charge in [0.05, 0.1) is 6.20 Å². The van der Waals surface area contributed by atoms with Crippen molar-refractivity contribution in [1.29, 1.82) is 0 Å². The number of hydrogen-bond donors (Lipinski definition) is 4. The maximum atomic E-state index is 11.7. The van der Waals surface area contributed by atoms with Crippen LogP contribution in [0.3, 0.4) is 0 Å². The van der Waals surface area contributed by atoms with E-state index in [1.54, 1.807) is 12.4 Å². The molecule has 9 nitrogen and oxygen atoms in total. The maximum Gasteiger partial charge on any atom is 0.271 e. The number of fused-ring (bicyclic) bond motifs is 1. The molecule has 0 saturated heterocycles. The molecule has 6 N–H and O–H groups in total. The van der Waals surface area contributed by atoms with Crippen molar-refractivity contribution < 1.29 is 9.59 Å². The highest BCUT2D eigenvalue weighted by molar-refractivity contribution is 5.99. The van der Waals surface area contributed by atoms with Gasteiger partial charge in [0.1, 0.15) is 11.9 Å². The van der Waals surface area contributed by atoms with Crippen molar-refractivity contribution in [1.82, 2.24) is 15.0 Å². The van der Waals surface area contributed by atoms with E-state index < -0.39 is 17.9 Å². The van der Waals surface area contributed by atoms with Crippen LogP contribution >= 0.6 is 0 Å². The summed E-state index contributed by atoms with van der Waals surface area (Å²) in [6.07, 6.45) is 5.21. The van der Waals surface area contributed by atoms with Crippen LogP contribution < -0.4 is 22.1 Å². The minimum absolute atomic E-state index is 0.0198. The molecule has 9 heteroatoms. The zero-order valence-electron chi connectivity index (χ0n) is 14.6. The second-order valence-corrected chi connectivity index (χ2v) is 5.85. The second-order valence-electron chi connectivity index (χ2n) is 5.85. The van der Waals surface area contributed by atoms with Gasteiger partial charge in [-0.15, -0.1) is 0 Å². The highest BCUT2D eigenvalue weighted by atomic mass is 16.1. The topological polar surface area (TPSA) is 149 Å². The fraction of sp³-hybridized carbons (Fsp3) is 0.167. The van der Waals surface area contributed by atoms with Gasteiger partial charge in [-0.2, -0.15) is 0 Å². The normalized spacial score (nSPS) is 11.7. The number of pyridine rings is 1. The highest BCUT2D eigenvalue weighted by Crippen LogP contribution is 2.26. The van der Waals surface area contributed by atoms with Crippen molar-refractivity contribution in [3.05, 3.63) is 48.5 Å². The van der Waals surface area contributed by atoms with Crippen LogP contribution in [0.4, 0.5) is 17.3 Å². The Labute approximate surface area is 155 Å². The molecule has 138 valence electrons. The van der Waals surface area contributed by atoms with Crippen LogP contribution in [-0.2, 0) is 4.79 Å². The molecule has 0 radical (unpaired) electrons. The number of carbonyl (C=O) groups is 2. The number of amides is 2. The largest absolute Gasteiger partial charge is 0.368 e. The van der Waals surface area contributed by atoms with Crippen LogP contribution in [0.2, 0.25) is 0 Å². The summed E-state index contributed by atoms with van der Waals surface area (Å²) in [4.78, 5) is 35.7. The first kappa shape index (κ1) is 18.1. The lowest BCUT2D eigenvalue weighted by atomic mass is 10.1. The molecule has 2 amide bonds.